The van der Waals surface area contributed by atoms with Crippen LogP contribution in [0, 0.1) is 0 Å². The average Bonchev–Trinajstić information content (AvgIpc) is 3.26. The van der Waals surface area contributed by atoms with Crippen LogP contribution >= 0.6 is 0 Å². The summed E-state index contributed by atoms with van der Waals surface area (Å²) in [7, 11) is 0. The first kappa shape index (κ1) is 42.5. The molecule has 0 saturated heterocycles. The van der Waals surface area contributed by atoms with Gasteiger partial charge in [-0.2, -0.15) is 0 Å². The summed E-state index contributed by atoms with van der Waals surface area (Å²) in [5, 5.41) is 11.4. The third-order valence-corrected chi connectivity index (χ3v) is 14.1. The monoisotopic (exact) mass is 846 g/mol. The zero-order valence-electron chi connectivity index (χ0n) is 37.4. The summed E-state index contributed by atoms with van der Waals surface area (Å²) in [5.74, 6) is 5.77. The van der Waals surface area contributed by atoms with Crippen LogP contribution in [-0.2, 0) is 6.61 Å². The van der Waals surface area contributed by atoms with E-state index < -0.39 is 0 Å². The molecule has 4 aromatic rings. The van der Waals surface area contributed by atoms with Crippen LogP contribution in [0.15, 0.2) is 42.5 Å². The Balaban J connectivity index is 1.40. The van der Waals surface area contributed by atoms with E-state index in [0.29, 0.717) is 17.1 Å². The molecule has 8 bridgehead atoms. The first-order chi connectivity index (χ1) is 30.6. The Morgan fingerprint density at radius 1 is 0.355 bits per heavy atom. The maximum Gasteiger partial charge on any atom is 0.230 e. The van der Waals surface area contributed by atoms with Gasteiger partial charge in [0.15, 0.2) is 0 Å². The number of unbranched alkanes of at least 4 members (excludes halogenated alkanes) is 8. The highest BCUT2D eigenvalue weighted by Gasteiger charge is 2.38. The lowest BCUT2D eigenvalue weighted by Gasteiger charge is -2.35. The Kier molecular flexibility index (Phi) is 13.3. The van der Waals surface area contributed by atoms with Crippen LogP contribution in [0.5, 0.6) is 46.0 Å². The summed E-state index contributed by atoms with van der Waals surface area (Å²) in [6.07, 6.45) is 16.7. The molecule has 1 N–H and O–H groups in total. The van der Waals surface area contributed by atoms with Crippen molar-refractivity contribution in [2.75, 3.05) is 27.2 Å². The maximum absolute atomic E-state index is 11.4. The Morgan fingerprint density at radius 2 is 0.613 bits per heavy atom. The van der Waals surface area contributed by atoms with Gasteiger partial charge < -0.3 is 43.0 Å². The van der Waals surface area contributed by atoms with Crippen LogP contribution in [-0.4, -0.2) is 32.3 Å². The fourth-order valence-corrected chi connectivity index (χ4v) is 10.8. The number of rotatable bonds is 17. The molecule has 4 aliphatic heterocycles. The van der Waals surface area contributed by atoms with Crippen LogP contribution in [0.3, 0.4) is 0 Å². The van der Waals surface area contributed by atoms with Gasteiger partial charge in [-0.1, -0.05) is 105 Å². The molecule has 4 unspecified atom stereocenters. The van der Waals surface area contributed by atoms with Crippen molar-refractivity contribution >= 4 is 0 Å². The standard InChI is InChI=1S/C53H66O9/c1-5-9-13-17-33-37-21-38-34(18-14-10-6-2)40-23-42-36(20-16-12-8-4)44-24-43-35(19-15-11-7-3)41-22-39(33)48-26-50(41)59-31-61-52(43)45(28-54)53(44)62-32-60-51(42)27-49(40)58-30-56-47(38)25-46(37)55-29-57-48/h21-27,33-36,54H,5-20,28-32H2,1-4H3. The van der Waals surface area contributed by atoms with Crippen LogP contribution in [0.25, 0.3) is 0 Å². The Hall–Kier alpha value is -4.76. The lowest BCUT2D eigenvalue weighted by molar-refractivity contribution is 0.0952. The second kappa shape index (κ2) is 19.3. The van der Waals surface area contributed by atoms with Crippen LogP contribution in [0.4, 0.5) is 0 Å². The van der Waals surface area contributed by atoms with Crippen LogP contribution in [0.2, 0.25) is 0 Å². The number of aliphatic hydroxyl groups is 1. The first-order valence-corrected chi connectivity index (χ1v) is 23.9. The van der Waals surface area contributed by atoms with E-state index in [1.54, 1.807) is 0 Å². The molecule has 0 saturated carbocycles. The van der Waals surface area contributed by atoms with Gasteiger partial charge in [0.2, 0.25) is 27.2 Å². The predicted octanol–water partition coefficient (Wildman–Crippen LogP) is 13.3. The molecule has 9 rings (SSSR count). The molecule has 4 aromatic carbocycles. The molecule has 0 amide bonds. The summed E-state index contributed by atoms with van der Waals surface area (Å²) < 4.78 is 52.8. The van der Waals surface area contributed by atoms with E-state index in [0.717, 1.165) is 171 Å². The van der Waals surface area contributed by atoms with Gasteiger partial charge in [-0.05, 0) is 49.9 Å². The minimum atomic E-state index is -0.246. The van der Waals surface area contributed by atoms with E-state index in [9.17, 15) is 5.11 Å². The van der Waals surface area contributed by atoms with Crippen molar-refractivity contribution in [3.05, 3.63) is 92.5 Å². The summed E-state index contributed by atoms with van der Waals surface area (Å²) >= 11 is 0. The summed E-state index contributed by atoms with van der Waals surface area (Å²) in [6.45, 7) is 8.84. The van der Waals surface area contributed by atoms with E-state index in [2.05, 4.69) is 70.2 Å². The quantitative estimate of drug-likeness (QED) is 0.104. The van der Waals surface area contributed by atoms with Crippen molar-refractivity contribution in [3.63, 3.8) is 0 Å². The predicted molar refractivity (Wildman–Crippen MR) is 240 cm³/mol. The van der Waals surface area contributed by atoms with Crippen molar-refractivity contribution in [2.24, 2.45) is 0 Å². The van der Waals surface area contributed by atoms with E-state index in [1.165, 1.54) is 11.1 Å². The van der Waals surface area contributed by atoms with E-state index in [-0.39, 0.29) is 57.5 Å². The molecule has 1 aliphatic carbocycles. The summed E-state index contributed by atoms with van der Waals surface area (Å²) in [5.41, 5.74) is 9.68. The molecular weight excluding hydrogens is 781 g/mol. The van der Waals surface area contributed by atoms with E-state index >= 15 is 0 Å². The maximum atomic E-state index is 11.4. The highest BCUT2D eigenvalue weighted by molar-refractivity contribution is 5.66. The Morgan fingerprint density at radius 3 is 0.887 bits per heavy atom. The average molecular weight is 847 g/mol. The second-order valence-corrected chi connectivity index (χ2v) is 18.0. The minimum Gasteiger partial charge on any atom is -0.457 e. The van der Waals surface area contributed by atoms with Crippen molar-refractivity contribution < 1.29 is 43.0 Å². The molecular formula is C53H66O9. The van der Waals surface area contributed by atoms with Gasteiger partial charge >= 0.3 is 0 Å². The van der Waals surface area contributed by atoms with Crippen LogP contribution in [0.1, 0.15) is 204 Å². The van der Waals surface area contributed by atoms with Gasteiger partial charge in [0.1, 0.15) is 46.0 Å². The zero-order valence-corrected chi connectivity index (χ0v) is 37.4. The Bertz CT molecular complexity index is 2070. The minimum absolute atomic E-state index is 0.00974. The molecule has 0 radical (unpaired) electrons. The molecule has 9 nitrogen and oxygen atoms in total. The smallest absolute Gasteiger partial charge is 0.230 e. The molecule has 62 heavy (non-hydrogen) atoms. The molecule has 4 heterocycles. The van der Waals surface area contributed by atoms with Gasteiger partial charge in [-0.15, -0.1) is 0 Å². The van der Waals surface area contributed by atoms with Gasteiger partial charge in [0, 0.05) is 86.4 Å². The molecule has 5 aliphatic rings. The largest absolute Gasteiger partial charge is 0.457 e. The van der Waals surface area contributed by atoms with Crippen molar-refractivity contribution in [3.8, 4) is 46.0 Å². The number of ether oxygens (including phenoxy) is 8. The van der Waals surface area contributed by atoms with Gasteiger partial charge in [0.25, 0.3) is 0 Å². The number of aliphatic hydroxyl groups excluding tert-OH is 1. The van der Waals surface area contributed by atoms with Crippen molar-refractivity contribution in [1.29, 1.82) is 0 Å². The fraction of sp³-hybridized carbons (Fsp3) is 0.547. The van der Waals surface area contributed by atoms with Gasteiger partial charge in [-0.25, -0.2) is 0 Å². The number of benzene rings is 4. The number of hydrogen-bond acceptors (Lipinski definition) is 9. The van der Waals surface area contributed by atoms with E-state index in [1.807, 2.05) is 0 Å². The van der Waals surface area contributed by atoms with Crippen molar-refractivity contribution in [1.82, 2.24) is 0 Å². The van der Waals surface area contributed by atoms with E-state index in [4.69, 9.17) is 37.9 Å². The normalized spacial score (nSPS) is 20.0. The number of hydrogen-bond donors (Lipinski definition) is 1. The SMILES string of the molecule is CCCCCC1c2cc3c4cc2OCOc2cc5c(cc21)C(CCCCC)c1cc2c(c(CO)c1OCO5)OCOc1cc(c(cc1C2CCCCC)C3CCCCC)OCO4. The zero-order chi connectivity index (χ0) is 42.6. The highest BCUT2D eigenvalue weighted by atomic mass is 16.7. The summed E-state index contributed by atoms with van der Waals surface area (Å²) in [6, 6.07) is 15.9. The molecule has 4 atom stereocenters. The van der Waals surface area contributed by atoms with Gasteiger partial charge in [-0.3, -0.25) is 0 Å². The topological polar surface area (TPSA) is 94.1 Å². The molecule has 0 fully saturated rings. The Labute approximate surface area is 368 Å². The molecule has 9 heteroatoms. The lowest BCUT2D eigenvalue weighted by Crippen LogP contribution is -2.23. The third kappa shape index (κ3) is 8.15. The van der Waals surface area contributed by atoms with Crippen molar-refractivity contribution in [2.45, 2.75) is 161 Å². The third-order valence-electron chi connectivity index (χ3n) is 14.1. The molecule has 0 spiro atoms. The molecule has 0 aromatic heterocycles. The highest BCUT2D eigenvalue weighted by Crippen LogP contribution is 2.56. The second-order valence-electron chi connectivity index (χ2n) is 18.0. The fourth-order valence-electron chi connectivity index (χ4n) is 10.8. The lowest BCUT2D eigenvalue weighted by atomic mass is 9.75. The van der Waals surface area contributed by atoms with Gasteiger partial charge in [0.05, 0.1) is 12.2 Å². The molecule has 332 valence electrons. The van der Waals surface area contributed by atoms with Crippen LogP contribution < -0.4 is 37.9 Å². The first-order valence-electron chi connectivity index (χ1n) is 23.9. The summed E-state index contributed by atoms with van der Waals surface area (Å²) in [4.78, 5) is 0.